The van der Waals surface area contributed by atoms with E-state index in [-0.39, 0.29) is 29.1 Å². The van der Waals surface area contributed by atoms with Gasteiger partial charge < -0.3 is 13.9 Å². The third-order valence-electron chi connectivity index (χ3n) is 4.18. The predicted molar refractivity (Wildman–Crippen MR) is 99.4 cm³/mol. The van der Waals surface area contributed by atoms with Crippen molar-refractivity contribution in [1.82, 2.24) is 0 Å². The number of ether oxygens (including phenoxy) is 2. The quantitative estimate of drug-likeness (QED) is 0.426. The molecule has 8 heteroatoms. The van der Waals surface area contributed by atoms with Crippen molar-refractivity contribution in [2.45, 2.75) is 26.6 Å². The number of Topliss-reactive ketones (excluding diaryl/α,β-unsaturated/α-hetero) is 1. The Morgan fingerprint density at radius 1 is 1.07 bits per heavy atom. The van der Waals surface area contributed by atoms with Crippen LogP contribution in [0, 0.1) is 0 Å². The van der Waals surface area contributed by atoms with Crippen molar-refractivity contribution in [3.05, 3.63) is 69.6 Å². The number of carbonyl (C=O) groups is 1. The maximum absolute atomic E-state index is 13.1. The molecule has 152 valence electrons. The van der Waals surface area contributed by atoms with E-state index in [0.717, 1.165) is 0 Å². The summed E-state index contributed by atoms with van der Waals surface area (Å²) < 4.78 is 55.5. The Morgan fingerprint density at radius 3 is 2.48 bits per heavy atom. The summed E-state index contributed by atoms with van der Waals surface area (Å²) in [5.74, 6) is 0.612. The molecule has 3 rings (SSSR count). The minimum Gasteiger partial charge on any atom is -0.493 e. The van der Waals surface area contributed by atoms with E-state index in [2.05, 4.69) is 0 Å². The second-order valence-corrected chi connectivity index (χ2v) is 6.24. The number of hydrogen-bond donors (Lipinski definition) is 0. The molecule has 0 amide bonds. The molecule has 1 aromatic heterocycles. The number of alkyl halides is 3. The van der Waals surface area contributed by atoms with Gasteiger partial charge >= 0.3 is 11.8 Å². The van der Waals surface area contributed by atoms with Crippen molar-refractivity contribution < 1.29 is 31.9 Å². The van der Waals surface area contributed by atoms with Gasteiger partial charge in [0.25, 0.3) is 0 Å². The van der Waals surface area contributed by atoms with Gasteiger partial charge in [-0.25, -0.2) is 4.79 Å². The van der Waals surface area contributed by atoms with Crippen molar-refractivity contribution in [1.29, 1.82) is 0 Å². The lowest BCUT2D eigenvalue weighted by Gasteiger charge is -2.13. The van der Waals surface area contributed by atoms with Gasteiger partial charge in [0.05, 0.1) is 12.2 Å². The standard InChI is InChI=1S/C21H17F3O5/c1-3-27-18-7-4-13(12(2)25)8-14(18)11-28-15-5-6-16-17(21(22,23)24)10-20(26)29-19(16)9-15/h4-10H,3,11H2,1-2H3. The third kappa shape index (κ3) is 4.59. The maximum Gasteiger partial charge on any atom is 0.417 e. The lowest BCUT2D eigenvalue weighted by atomic mass is 10.1. The molecule has 0 saturated heterocycles. The number of halogens is 3. The fourth-order valence-corrected chi connectivity index (χ4v) is 2.84. The van der Waals surface area contributed by atoms with Gasteiger partial charge in [-0.15, -0.1) is 0 Å². The molecule has 0 radical (unpaired) electrons. The highest BCUT2D eigenvalue weighted by molar-refractivity contribution is 5.94. The van der Waals surface area contributed by atoms with Gasteiger partial charge in [0.2, 0.25) is 0 Å². The number of hydrogen-bond acceptors (Lipinski definition) is 5. The molecule has 0 atom stereocenters. The number of carbonyl (C=O) groups excluding carboxylic acids is 1. The molecule has 29 heavy (non-hydrogen) atoms. The summed E-state index contributed by atoms with van der Waals surface area (Å²) in [4.78, 5) is 23.1. The van der Waals surface area contributed by atoms with E-state index in [9.17, 15) is 22.8 Å². The fraction of sp³-hybridized carbons (Fsp3) is 0.238. The maximum atomic E-state index is 13.1. The topological polar surface area (TPSA) is 65.7 Å². The van der Waals surface area contributed by atoms with Crippen LogP contribution in [0.15, 0.2) is 51.7 Å². The highest BCUT2D eigenvalue weighted by Gasteiger charge is 2.33. The zero-order valence-electron chi connectivity index (χ0n) is 15.6. The first-order valence-corrected chi connectivity index (χ1v) is 8.73. The van der Waals surface area contributed by atoms with Crippen molar-refractivity contribution in [3.8, 4) is 11.5 Å². The summed E-state index contributed by atoms with van der Waals surface area (Å²) in [6, 6.07) is 9.12. The van der Waals surface area contributed by atoms with Gasteiger partial charge in [-0.3, -0.25) is 4.79 Å². The van der Waals surface area contributed by atoms with E-state index in [4.69, 9.17) is 13.9 Å². The highest BCUT2D eigenvalue weighted by atomic mass is 19.4. The molecule has 0 N–H and O–H groups in total. The van der Waals surface area contributed by atoms with Crippen LogP contribution in [0.25, 0.3) is 11.0 Å². The molecule has 0 spiro atoms. The summed E-state index contributed by atoms with van der Waals surface area (Å²) in [5, 5.41) is -0.238. The van der Waals surface area contributed by atoms with Crippen LogP contribution >= 0.6 is 0 Å². The van der Waals surface area contributed by atoms with Crippen molar-refractivity contribution in [2.24, 2.45) is 0 Å². The first-order chi connectivity index (χ1) is 13.7. The molecule has 0 fully saturated rings. The van der Waals surface area contributed by atoms with Gasteiger partial charge in [0.1, 0.15) is 23.7 Å². The van der Waals surface area contributed by atoms with Gasteiger partial charge in [0, 0.05) is 28.6 Å². The second kappa shape index (κ2) is 7.98. The molecular formula is C21H17F3O5. The molecule has 0 aliphatic rings. The third-order valence-corrected chi connectivity index (χ3v) is 4.18. The smallest absolute Gasteiger partial charge is 0.417 e. The summed E-state index contributed by atoms with van der Waals surface area (Å²) in [6.07, 6.45) is -4.68. The zero-order chi connectivity index (χ0) is 21.2. The van der Waals surface area contributed by atoms with Crippen LogP contribution in [0.4, 0.5) is 13.2 Å². The van der Waals surface area contributed by atoms with Crippen LogP contribution in [-0.2, 0) is 12.8 Å². The second-order valence-electron chi connectivity index (χ2n) is 6.24. The average Bonchev–Trinajstić information content (AvgIpc) is 2.65. The van der Waals surface area contributed by atoms with E-state index in [1.54, 1.807) is 18.2 Å². The minimum atomic E-state index is -4.68. The van der Waals surface area contributed by atoms with Crippen LogP contribution in [0.3, 0.4) is 0 Å². The summed E-state index contributed by atoms with van der Waals surface area (Å²) in [6.45, 7) is 3.66. The summed E-state index contributed by atoms with van der Waals surface area (Å²) >= 11 is 0. The lowest BCUT2D eigenvalue weighted by molar-refractivity contribution is -0.136. The highest BCUT2D eigenvalue weighted by Crippen LogP contribution is 2.35. The summed E-state index contributed by atoms with van der Waals surface area (Å²) in [7, 11) is 0. The number of fused-ring (bicyclic) bond motifs is 1. The van der Waals surface area contributed by atoms with Crippen molar-refractivity contribution in [2.75, 3.05) is 6.61 Å². The molecular weight excluding hydrogens is 389 g/mol. The first kappa shape index (κ1) is 20.4. The number of benzene rings is 2. The molecule has 5 nitrogen and oxygen atoms in total. The van der Waals surface area contributed by atoms with E-state index < -0.39 is 17.4 Å². The minimum absolute atomic E-state index is 0.00511. The Balaban J connectivity index is 1.93. The molecule has 1 heterocycles. The van der Waals surface area contributed by atoms with Crippen LogP contribution in [-0.4, -0.2) is 12.4 Å². The Morgan fingerprint density at radius 2 is 1.83 bits per heavy atom. The average molecular weight is 406 g/mol. The first-order valence-electron chi connectivity index (χ1n) is 8.73. The van der Waals surface area contributed by atoms with Gasteiger partial charge in [0.15, 0.2) is 5.78 Å². The SMILES string of the molecule is CCOc1ccc(C(C)=O)cc1COc1ccc2c(C(F)(F)F)cc(=O)oc2c1. The number of rotatable bonds is 6. The fourth-order valence-electron chi connectivity index (χ4n) is 2.84. The van der Waals surface area contributed by atoms with E-state index >= 15 is 0 Å². The van der Waals surface area contributed by atoms with Gasteiger partial charge in [-0.05, 0) is 44.2 Å². The molecule has 3 aromatic rings. The van der Waals surface area contributed by atoms with E-state index in [1.807, 2.05) is 6.92 Å². The largest absolute Gasteiger partial charge is 0.493 e. The molecule has 0 bridgehead atoms. The van der Waals surface area contributed by atoms with Crippen LogP contribution in [0.1, 0.15) is 35.3 Å². The Bertz CT molecular complexity index is 1120. The number of ketones is 1. The molecule has 0 unspecified atom stereocenters. The Labute approximate surface area is 163 Å². The van der Waals surface area contributed by atoms with Crippen molar-refractivity contribution >= 4 is 16.8 Å². The Hall–Kier alpha value is -3.29. The molecule has 2 aromatic carbocycles. The molecule has 0 saturated carbocycles. The lowest BCUT2D eigenvalue weighted by Crippen LogP contribution is -2.11. The molecule has 0 aliphatic heterocycles. The summed E-state index contributed by atoms with van der Waals surface area (Å²) in [5.41, 5.74) is -1.32. The van der Waals surface area contributed by atoms with Crippen LogP contribution in [0.5, 0.6) is 11.5 Å². The van der Waals surface area contributed by atoms with E-state index in [0.29, 0.717) is 29.5 Å². The Kier molecular flexibility index (Phi) is 5.63. The predicted octanol–water partition coefficient (Wildman–Crippen LogP) is 4.99. The van der Waals surface area contributed by atoms with Crippen LogP contribution < -0.4 is 15.1 Å². The normalized spacial score (nSPS) is 11.5. The van der Waals surface area contributed by atoms with Crippen LogP contribution in [0.2, 0.25) is 0 Å². The van der Waals surface area contributed by atoms with Crippen molar-refractivity contribution in [3.63, 3.8) is 0 Å². The molecule has 0 aliphatic carbocycles. The van der Waals surface area contributed by atoms with E-state index in [1.165, 1.54) is 25.1 Å². The van der Waals surface area contributed by atoms with Gasteiger partial charge in [-0.2, -0.15) is 13.2 Å². The van der Waals surface area contributed by atoms with Gasteiger partial charge in [-0.1, -0.05) is 0 Å². The monoisotopic (exact) mass is 406 g/mol. The zero-order valence-corrected chi connectivity index (χ0v) is 15.6.